The number of nitrogens with zero attached hydrogens (tertiary/aromatic N) is 2. The van der Waals surface area contributed by atoms with Crippen molar-refractivity contribution in [3.05, 3.63) is 47.8 Å². The molecule has 0 saturated carbocycles. The molecule has 1 aromatic carbocycles. The highest BCUT2D eigenvalue weighted by molar-refractivity contribution is 6.04. The fourth-order valence-corrected chi connectivity index (χ4v) is 2.26. The standard InChI is InChI=1S/C19H20F2N4O2/c1-10(19(2,3)4)24-18(26)12-8-22-17-16(12)25-15(9-23-17)27-14-6-5-11(20)7-13(14)21/h5-10H,1-4H3,(H,22,23)(H,24,26)/t10-/m1/s1. The van der Waals surface area contributed by atoms with Crippen LogP contribution in [0.4, 0.5) is 8.78 Å². The average molecular weight is 374 g/mol. The summed E-state index contributed by atoms with van der Waals surface area (Å²) in [5, 5.41) is 2.93. The van der Waals surface area contributed by atoms with Crippen molar-refractivity contribution in [1.29, 1.82) is 0 Å². The molecule has 0 fully saturated rings. The maximum atomic E-state index is 13.8. The van der Waals surface area contributed by atoms with Crippen LogP contribution in [0.5, 0.6) is 11.6 Å². The van der Waals surface area contributed by atoms with Gasteiger partial charge in [-0.15, -0.1) is 0 Å². The second-order valence-corrected chi connectivity index (χ2v) is 7.35. The molecule has 0 aliphatic carbocycles. The summed E-state index contributed by atoms with van der Waals surface area (Å²) in [6.07, 6.45) is 2.80. The van der Waals surface area contributed by atoms with Crippen molar-refractivity contribution >= 4 is 17.1 Å². The Bertz CT molecular complexity index is 995. The van der Waals surface area contributed by atoms with Crippen LogP contribution in [0.3, 0.4) is 0 Å². The normalized spacial score (nSPS) is 12.8. The van der Waals surface area contributed by atoms with E-state index in [9.17, 15) is 13.6 Å². The summed E-state index contributed by atoms with van der Waals surface area (Å²) in [4.78, 5) is 23.9. The lowest BCUT2D eigenvalue weighted by atomic mass is 9.88. The third-order valence-corrected chi connectivity index (χ3v) is 4.36. The molecule has 3 aromatic rings. The van der Waals surface area contributed by atoms with E-state index >= 15 is 0 Å². The van der Waals surface area contributed by atoms with Crippen molar-refractivity contribution in [2.45, 2.75) is 33.7 Å². The molecule has 3 rings (SSSR count). The summed E-state index contributed by atoms with van der Waals surface area (Å²) < 4.78 is 32.1. The third-order valence-electron chi connectivity index (χ3n) is 4.36. The van der Waals surface area contributed by atoms with E-state index in [0.29, 0.717) is 22.8 Å². The summed E-state index contributed by atoms with van der Waals surface area (Å²) in [6, 6.07) is 2.88. The maximum Gasteiger partial charge on any atom is 0.255 e. The summed E-state index contributed by atoms with van der Waals surface area (Å²) in [5.74, 6) is -2.07. The van der Waals surface area contributed by atoms with Gasteiger partial charge in [-0.1, -0.05) is 20.8 Å². The first-order valence-electron chi connectivity index (χ1n) is 8.43. The molecule has 0 bridgehead atoms. The molecule has 1 amide bonds. The Labute approximate surface area is 155 Å². The lowest BCUT2D eigenvalue weighted by Gasteiger charge is -2.27. The van der Waals surface area contributed by atoms with Gasteiger partial charge in [0.05, 0.1) is 11.8 Å². The number of hydrogen-bond acceptors (Lipinski definition) is 4. The lowest BCUT2D eigenvalue weighted by molar-refractivity contribution is 0.0911. The predicted octanol–water partition coefficient (Wildman–Crippen LogP) is 4.19. The molecule has 142 valence electrons. The van der Waals surface area contributed by atoms with Crippen LogP contribution in [-0.2, 0) is 0 Å². The van der Waals surface area contributed by atoms with E-state index in [-0.39, 0.29) is 29.0 Å². The largest absolute Gasteiger partial charge is 0.434 e. The monoisotopic (exact) mass is 374 g/mol. The highest BCUT2D eigenvalue weighted by Gasteiger charge is 2.24. The third kappa shape index (κ3) is 4.05. The number of aromatic nitrogens is 3. The molecule has 0 spiro atoms. The van der Waals surface area contributed by atoms with Crippen molar-refractivity contribution < 1.29 is 18.3 Å². The van der Waals surface area contributed by atoms with E-state index in [1.54, 1.807) is 0 Å². The van der Waals surface area contributed by atoms with Crippen LogP contribution in [0.1, 0.15) is 38.1 Å². The molecule has 2 N–H and O–H groups in total. The number of rotatable bonds is 4. The van der Waals surface area contributed by atoms with E-state index < -0.39 is 11.6 Å². The molecule has 0 unspecified atom stereocenters. The van der Waals surface area contributed by atoms with Crippen LogP contribution < -0.4 is 10.1 Å². The van der Waals surface area contributed by atoms with E-state index in [4.69, 9.17) is 4.74 Å². The molecule has 0 aliphatic heterocycles. The number of carbonyl (C=O) groups excluding carboxylic acids is 1. The molecule has 2 heterocycles. The van der Waals surface area contributed by atoms with Gasteiger partial charge in [0.2, 0.25) is 5.88 Å². The molecule has 8 heteroatoms. The van der Waals surface area contributed by atoms with Crippen LogP contribution in [0.25, 0.3) is 11.2 Å². The minimum atomic E-state index is -0.858. The van der Waals surface area contributed by atoms with Crippen molar-refractivity contribution in [2.24, 2.45) is 5.41 Å². The van der Waals surface area contributed by atoms with Crippen LogP contribution in [0.15, 0.2) is 30.6 Å². The first kappa shape index (κ1) is 18.8. The molecule has 6 nitrogen and oxygen atoms in total. The summed E-state index contributed by atoms with van der Waals surface area (Å²) in [7, 11) is 0. The van der Waals surface area contributed by atoms with Crippen LogP contribution >= 0.6 is 0 Å². The second kappa shape index (κ2) is 6.94. The summed E-state index contributed by atoms with van der Waals surface area (Å²) in [5.41, 5.74) is 0.893. The van der Waals surface area contributed by atoms with E-state index in [0.717, 1.165) is 12.1 Å². The molecule has 27 heavy (non-hydrogen) atoms. The minimum Gasteiger partial charge on any atom is -0.434 e. The van der Waals surface area contributed by atoms with E-state index in [2.05, 4.69) is 20.3 Å². The van der Waals surface area contributed by atoms with Crippen LogP contribution in [-0.4, -0.2) is 26.9 Å². The lowest BCUT2D eigenvalue weighted by Crippen LogP contribution is -2.41. The highest BCUT2D eigenvalue weighted by atomic mass is 19.1. The van der Waals surface area contributed by atoms with Gasteiger partial charge in [-0.3, -0.25) is 4.79 Å². The zero-order valence-electron chi connectivity index (χ0n) is 15.4. The van der Waals surface area contributed by atoms with E-state index in [1.165, 1.54) is 12.4 Å². The van der Waals surface area contributed by atoms with Crippen LogP contribution in [0, 0.1) is 17.0 Å². The number of amides is 1. The smallest absolute Gasteiger partial charge is 0.255 e. The number of fused-ring (bicyclic) bond motifs is 1. The van der Waals surface area contributed by atoms with Gasteiger partial charge < -0.3 is 15.0 Å². The molecule has 0 aliphatic rings. The molecule has 1 atom stereocenters. The Hall–Kier alpha value is -3.03. The van der Waals surface area contributed by atoms with Gasteiger partial charge in [0.15, 0.2) is 17.2 Å². The second-order valence-electron chi connectivity index (χ2n) is 7.35. The Morgan fingerprint density at radius 2 is 2.04 bits per heavy atom. The fourth-order valence-electron chi connectivity index (χ4n) is 2.26. The Balaban J connectivity index is 1.89. The molecule has 0 radical (unpaired) electrons. The molecular weight excluding hydrogens is 354 g/mol. The Kier molecular flexibility index (Phi) is 4.82. The number of aromatic amines is 1. The van der Waals surface area contributed by atoms with Gasteiger partial charge in [-0.2, -0.15) is 0 Å². The quantitative estimate of drug-likeness (QED) is 0.717. The summed E-state index contributed by atoms with van der Waals surface area (Å²) in [6.45, 7) is 7.99. The zero-order chi connectivity index (χ0) is 19.8. The van der Waals surface area contributed by atoms with Crippen molar-refractivity contribution in [3.63, 3.8) is 0 Å². The molecule has 2 aromatic heterocycles. The Morgan fingerprint density at radius 1 is 1.30 bits per heavy atom. The van der Waals surface area contributed by atoms with Crippen molar-refractivity contribution in [1.82, 2.24) is 20.3 Å². The van der Waals surface area contributed by atoms with Gasteiger partial charge in [0.25, 0.3) is 5.91 Å². The minimum absolute atomic E-state index is 0.00877. The molecular formula is C19H20F2N4O2. The van der Waals surface area contributed by atoms with Crippen LogP contribution in [0.2, 0.25) is 0 Å². The maximum absolute atomic E-state index is 13.8. The van der Waals surface area contributed by atoms with Gasteiger partial charge in [0.1, 0.15) is 11.3 Å². The van der Waals surface area contributed by atoms with E-state index in [1.807, 2.05) is 27.7 Å². The number of carbonyl (C=O) groups is 1. The summed E-state index contributed by atoms with van der Waals surface area (Å²) >= 11 is 0. The highest BCUT2D eigenvalue weighted by Crippen LogP contribution is 2.25. The average Bonchev–Trinajstić information content (AvgIpc) is 2.99. The first-order chi connectivity index (χ1) is 12.6. The number of ether oxygens (including phenoxy) is 1. The van der Waals surface area contributed by atoms with Gasteiger partial charge in [0, 0.05) is 18.3 Å². The van der Waals surface area contributed by atoms with Crippen molar-refractivity contribution in [3.8, 4) is 11.6 Å². The van der Waals surface area contributed by atoms with Gasteiger partial charge >= 0.3 is 0 Å². The predicted molar refractivity (Wildman–Crippen MR) is 96.7 cm³/mol. The van der Waals surface area contributed by atoms with Gasteiger partial charge in [-0.05, 0) is 24.5 Å². The number of hydrogen-bond donors (Lipinski definition) is 2. The number of halogens is 2. The SMILES string of the molecule is C[C@@H](NC(=O)c1c[nH]c2ncc(Oc3ccc(F)cc3F)nc12)C(C)(C)C. The first-order valence-corrected chi connectivity index (χ1v) is 8.43. The zero-order valence-corrected chi connectivity index (χ0v) is 15.4. The number of benzene rings is 1. The fraction of sp³-hybridized carbons (Fsp3) is 0.316. The van der Waals surface area contributed by atoms with Crippen molar-refractivity contribution in [2.75, 3.05) is 0 Å². The molecule has 0 saturated heterocycles. The van der Waals surface area contributed by atoms with Gasteiger partial charge in [-0.25, -0.2) is 18.7 Å². The number of H-pyrrole nitrogens is 1. The topological polar surface area (TPSA) is 79.9 Å². The Morgan fingerprint density at radius 3 is 2.70 bits per heavy atom. The number of nitrogens with one attached hydrogen (secondary N) is 2.